The van der Waals surface area contributed by atoms with E-state index >= 15 is 0 Å². The molecule has 0 bridgehead atoms. The van der Waals surface area contributed by atoms with Crippen LogP contribution in [0.4, 0.5) is 18.0 Å². The topological polar surface area (TPSA) is 43.8 Å². The lowest BCUT2D eigenvalue weighted by atomic mass is 10.1. The van der Waals surface area contributed by atoms with Gasteiger partial charge < -0.3 is 10.0 Å². The molecule has 2 rings (SSSR count). The zero-order chi connectivity index (χ0) is 16.9. The number of piperazine rings is 1. The minimum absolute atomic E-state index is 0.488. The number of amides is 1. The van der Waals surface area contributed by atoms with Gasteiger partial charge in [0.05, 0.1) is 5.56 Å². The Morgan fingerprint density at radius 2 is 1.74 bits per heavy atom. The molecule has 1 saturated heterocycles. The van der Waals surface area contributed by atoms with Crippen molar-refractivity contribution in [2.75, 3.05) is 32.7 Å². The first-order chi connectivity index (χ1) is 10.9. The predicted molar refractivity (Wildman–Crippen MR) is 79.0 cm³/mol. The van der Waals surface area contributed by atoms with Gasteiger partial charge in [0.25, 0.3) is 0 Å². The quantitative estimate of drug-likeness (QED) is 0.850. The van der Waals surface area contributed by atoms with Crippen LogP contribution in [0.1, 0.15) is 17.5 Å². The summed E-state index contributed by atoms with van der Waals surface area (Å²) in [5, 5.41) is 8.85. The van der Waals surface area contributed by atoms with E-state index in [0.717, 1.165) is 18.7 Å². The van der Waals surface area contributed by atoms with Gasteiger partial charge in [0, 0.05) is 44.7 Å². The molecule has 0 spiro atoms. The molecule has 1 aliphatic heterocycles. The average Bonchev–Trinajstić information content (AvgIpc) is 2.51. The minimum atomic E-state index is -4.33. The number of nitrogens with zero attached hydrogens (tertiary/aromatic N) is 2. The zero-order valence-electron chi connectivity index (χ0n) is 12.4. The molecule has 1 heterocycles. The number of carbonyl (C=O) groups is 1. The summed E-state index contributed by atoms with van der Waals surface area (Å²) in [6, 6.07) is 4.77. The number of alkyl halides is 3. The molecule has 1 N–H and O–H groups in total. The summed E-state index contributed by atoms with van der Waals surface area (Å²) in [5.41, 5.74) is -0.131. The Hall–Kier alpha value is -2.20. The molecular formula is C16H17F3N2O2. The molecule has 1 aromatic rings. The van der Waals surface area contributed by atoms with E-state index < -0.39 is 17.8 Å². The minimum Gasteiger partial charge on any atom is -0.465 e. The van der Waals surface area contributed by atoms with E-state index in [1.54, 1.807) is 0 Å². The van der Waals surface area contributed by atoms with Crippen LogP contribution in [0.2, 0.25) is 0 Å². The van der Waals surface area contributed by atoms with E-state index in [0.29, 0.717) is 38.2 Å². The number of rotatable bonds is 2. The number of hydrogen-bond donors (Lipinski definition) is 1. The highest BCUT2D eigenvalue weighted by Crippen LogP contribution is 2.28. The van der Waals surface area contributed by atoms with Gasteiger partial charge in [-0.05, 0) is 24.3 Å². The zero-order valence-corrected chi connectivity index (χ0v) is 12.4. The van der Waals surface area contributed by atoms with Crippen LogP contribution in [-0.2, 0) is 6.18 Å². The predicted octanol–water partition coefficient (Wildman–Crippen LogP) is 2.74. The fourth-order valence-electron chi connectivity index (χ4n) is 2.28. The lowest BCUT2D eigenvalue weighted by Crippen LogP contribution is -2.48. The highest BCUT2D eigenvalue weighted by Gasteiger charge is 2.29. The summed E-state index contributed by atoms with van der Waals surface area (Å²) in [4.78, 5) is 14.3. The summed E-state index contributed by atoms with van der Waals surface area (Å²) in [6.07, 6.45) is -4.63. The van der Waals surface area contributed by atoms with Crippen LogP contribution in [0.25, 0.3) is 0 Å². The molecule has 1 aromatic carbocycles. The molecule has 1 fully saturated rings. The van der Waals surface area contributed by atoms with Crippen molar-refractivity contribution < 1.29 is 23.1 Å². The summed E-state index contributed by atoms with van der Waals surface area (Å²) in [7, 11) is 0. The molecule has 124 valence electrons. The summed E-state index contributed by atoms with van der Waals surface area (Å²) >= 11 is 0. The Morgan fingerprint density at radius 3 is 2.26 bits per heavy atom. The highest BCUT2D eigenvalue weighted by atomic mass is 19.4. The molecular weight excluding hydrogens is 309 g/mol. The van der Waals surface area contributed by atoms with E-state index in [4.69, 9.17) is 5.11 Å². The van der Waals surface area contributed by atoms with Crippen LogP contribution in [0.15, 0.2) is 24.3 Å². The highest BCUT2D eigenvalue weighted by molar-refractivity contribution is 5.65. The molecule has 1 amide bonds. The van der Waals surface area contributed by atoms with E-state index in [-0.39, 0.29) is 0 Å². The van der Waals surface area contributed by atoms with Crippen molar-refractivity contribution >= 4 is 6.09 Å². The number of halogens is 3. The van der Waals surface area contributed by atoms with Crippen molar-refractivity contribution in [2.45, 2.75) is 12.6 Å². The van der Waals surface area contributed by atoms with Crippen molar-refractivity contribution in [3.63, 3.8) is 0 Å². The largest absolute Gasteiger partial charge is 0.465 e. The fourth-order valence-corrected chi connectivity index (χ4v) is 2.28. The lowest BCUT2D eigenvalue weighted by Gasteiger charge is -2.32. The first kappa shape index (κ1) is 17.2. The SMILES string of the molecule is O=C(O)N1CCN(CCC#Cc2ccc(C(F)(F)F)cc2)CC1. The van der Waals surface area contributed by atoms with Crippen LogP contribution >= 0.6 is 0 Å². The maximum atomic E-state index is 12.4. The molecule has 0 atom stereocenters. The fraction of sp³-hybridized carbons (Fsp3) is 0.438. The first-order valence-corrected chi connectivity index (χ1v) is 7.22. The maximum absolute atomic E-state index is 12.4. The van der Waals surface area contributed by atoms with Gasteiger partial charge in [-0.1, -0.05) is 11.8 Å². The van der Waals surface area contributed by atoms with Crippen LogP contribution < -0.4 is 0 Å². The van der Waals surface area contributed by atoms with E-state index in [9.17, 15) is 18.0 Å². The summed E-state index contributed by atoms with van der Waals surface area (Å²) < 4.78 is 37.3. The Balaban J connectivity index is 1.77. The van der Waals surface area contributed by atoms with Crippen molar-refractivity contribution in [1.29, 1.82) is 0 Å². The van der Waals surface area contributed by atoms with Crippen molar-refractivity contribution in [1.82, 2.24) is 9.80 Å². The number of carboxylic acid groups (broad SMARTS) is 1. The molecule has 1 aliphatic rings. The molecule has 23 heavy (non-hydrogen) atoms. The van der Waals surface area contributed by atoms with Gasteiger partial charge in [-0.15, -0.1) is 0 Å². The van der Waals surface area contributed by atoms with Gasteiger partial charge in [-0.25, -0.2) is 4.79 Å². The van der Waals surface area contributed by atoms with Gasteiger partial charge in [-0.3, -0.25) is 4.90 Å². The Morgan fingerprint density at radius 1 is 1.13 bits per heavy atom. The van der Waals surface area contributed by atoms with Gasteiger partial charge in [0.1, 0.15) is 0 Å². The molecule has 0 unspecified atom stereocenters. The second-order valence-corrected chi connectivity index (χ2v) is 5.24. The van der Waals surface area contributed by atoms with E-state index in [1.807, 2.05) is 0 Å². The van der Waals surface area contributed by atoms with Crippen LogP contribution in [0.3, 0.4) is 0 Å². The molecule has 0 aliphatic carbocycles. The molecule has 7 heteroatoms. The van der Waals surface area contributed by atoms with Gasteiger partial charge in [0.15, 0.2) is 0 Å². The Bertz CT molecular complexity index is 594. The molecule has 4 nitrogen and oxygen atoms in total. The van der Waals surface area contributed by atoms with Gasteiger partial charge in [0.2, 0.25) is 0 Å². The number of hydrogen-bond acceptors (Lipinski definition) is 2. The van der Waals surface area contributed by atoms with Gasteiger partial charge >= 0.3 is 12.3 Å². The van der Waals surface area contributed by atoms with Crippen LogP contribution in [0, 0.1) is 11.8 Å². The lowest BCUT2D eigenvalue weighted by molar-refractivity contribution is -0.137. The first-order valence-electron chi connectivity index (χ1n) is 7.22. The smallest absolute Gasteiger partial charge is 0.416 e. The van der Waals surface area contributed by atoms with Crippen molar-refractivity contribution in [2.24, 2.45) is 0 Å². The van der Waals surface area contributed by atoms with Gasteiger partial charge in [-0.2, -0.15) is 13.2 Å². The monoisotopic (exact) mass is 326 g/mol. The van der Waals surface area contributed by atoms with E-state index in [1.165, 1.54) is 17.0 Å². The van der Waals surface area contributed by atoms with Crippen molar-refractivity contribution in [3.05, 3.63) is 35.4 Å². The number of benzene rings is 1. The Labute approximate surface area is 132 Å². The van der Waals surface area contributed by atoms with E-state index in [2.05, 4.69) is 16.7 Å². The summed E-state index contributed by atoms with van der Waals surface area (Å²) in [5.74, 6) is 5.78. The van der Waals surface area contributed by atoms with Crippen LogP contribution in [-0.4, -0.2) is 53.7 Å². The standard InChI is InChI=1S/C16H17F3N2O2/c17-16(18,19)14-6-4-13(5-7-14)3-1-2-8-20-9-11-21(12-10-20)15(22)23/h4-7H,2,8-12H2,(H,22,23). The average molecular weight is 326 g/mol. The third-order valence-electron chi connectivity index (χ3n) is 3.64. The normalized spacial score (nSPS) is 15.9. The third-order valence-corrected chi connectivity index (χ3v) is 3.64. The molecule has 0 aromatic heterocycles. The molecule has 0 saturated carbocycles. The van der Waals surface area contributed by atoms with Crippen molar-refractivity contribution in [3.8, 4) is 11.8 Å². The molecule has 0 radical (unpaired) electrons. The maximum Gasteiger partial charge on any atom is 0.416 e. The second-order valence-electron chi connectivity index (χ2n) is 5.24. The Kier molecular flexibility index (Phi) is 5.50. The summed E-state index contributed by atoms with van der Waals surface area (Å²) in [6.45, 7) is 3.05. The second kappa shape index (κ2) is 7.38. The third kappa shape index (κ3) is 5.18. The van der Waals surface area contributed by atoms with Crippen LogP contribution in [0.5, 0.6) is 0 Å².